The number of benzene rings is 2. The highest BCUT2D eigenvalue weighted by atomic mass is 35.5. The van der Waals surface area contributed by atoms with Gasteiger partial charge in [0.15, 0.2) is 0 Å². The first-order valence-corrected chi connectivity index (χ1v) is 10.1. The molecule has 0 aromatic heterocycles. The zero-order valence-electron chi connectivity index (χ0n) is 14.9. The van der Waals surface area contributed by atoms with E-state index in [1.54, 1.807) is 31.4 Å². The molecular weight excluding hydrogens is 392 g/mol. The van der Waals surface area contributed by atoms with Crippen molar-refractivity contribution in [2.24, 2.45) is 0 Å². The first-order valence-electron chi connectivity index (χ1n) is 8.33. The molecule has 0 atom stereocenters. The second kappa shape index (κ2) is 7.46. The largest absolute Gasteiger partial charge is 0.497 e. The van der Waals surface area contributed by atoms with E-state index in [9.17, 15) is 18.5 Å². The number of nitro groups is 1. The summed E-state index contributed by atoms with van der Waals surface area (Å²) in [5, 5.41) is 11.3. The van der Waals surface area contributed by atoms with Crippen LogP contribution in [0.15, 0.2) is 41.3 Å². The minimum atomic E-state index is -3.93. The molecule has 1 aliphatic rings. The van der Waals surface area contributed by atoms with E-state index in [1.165, 1.54) is 17.3 Å². The van der Waals surface area contributed by atoms with Crippen molar-refractivity contribution in [2.45, 2.75) is 37.2 Å². The Hall–Kier alpha value is -2.16. The number of halogens is 1. The highest BCUT2D eigenvalue weighted by molar-refractivity contribution is 7.89. The molecule has 0 radical (unpaired) electrons. The molecule has 0 heterocycles. The summed E-state index contributed by atoms with van der Waals surface area (Å²) in [5.74, 6) is 0.681. The molecule has 1 fully saturated rings. The summed E-state index contributed by atoms with van der Waals surface area (Å²) in [6, 6.07) is 9.38. The molecule has 0 N–H and O–H groups in total. The molecule has 0 unspecified atom stereocenters. The maximum atomic E-state index is 13.2. The van der Waals surface area contributed by atoms with Crippen molar-refractivity contribution in [3.8, 4) is 5.75 Å². The number of hydrogen-bond donors (Lipinski definition) is 0. The number of ether oxygens (including phenoxy) is 1. The van der Waals surface area contributed by atoms with Crippen molar-refractivity contribution < 1.29 is 18.1 Å². The summed E-state index contributed by atoms with van der Waals surface area (Å²) in [5.41, 5.74) is 0.744. The van der Waals surface area contributed by atoms with Gasteiger partial charge in [0.2, 0.25) is 10.0 Å². The lowest BCUT2D eigenvalue weighted by Gasteiger charge is -2.22. The summed E-state index contributed by atoms with van der Waals surface area (Å²) < 4.78 is 32.9. The van der Waals surface area contributed by atoms with Crippen LogP contribution in [-0.2, 0) is 16.6 Å². The van der Waals surface area contributed by atoms with Crippen LogP contribution in [0.1, 0.15) is 24.0 Å². The van der Waals surface area contributed by atoms with Gasteiger partial charge in [0, 0.05) is 24.2 Å². The number of nitro benzene ring substituents is 1. The normalized spacial score (nSPS) is 14.4. The van der Waals surface area contributed by atoms with Crippen molar-refractivity contribution in [3.63, 3.8) is 0 Å². The molecule has 2 aromatic rings. The van der Waals surface area contributed by atoms with Gasteiger partial charge in [0.05, 0.1) is 22.0 Å². The predicted molar refractivity (Wildman–Crippen MR) is 102 cm³/mol. The third-order valence-electron chi connectivity index (χ3n) is 4.55. The van der Waals surface area contributed by atoms with Crippen LogP contribution in [0.2, 0.25) is 5.02 Å². The molecule has 0 aliphatic heterocycles. The van der Waals surface area contributed by atoms with Crippen molar-refractivity contribution in [3.05, 3.63) is 62.7 Å². The van der Waals surface area contributed by atoms with Gasteiger partial charge in [-0.1, -0.05) is 23.7 Å². The lowest BCUT2D eigenvalue weighted by molar-refractivity contribution is -0.385. The van der Waals surface area contributed by atoms with E-state index in [2.05, 4.69) is 0 Å². The van der Waals surface area contributed by atoms with E-state index in [-0.39, 0.29) is 33.8 Å². The van der Waals surface area contributed by atoms with Crippen LogP contribution in [0, 0.1) is 17.0 Å². The van der Waals surface area contributed by atoms with E-state index in [4.69, 9.17) is 16.3 Å². The highest BCUT2D eigenvalue weighted by Crippen LogP contribution is 2.36. The number of methoxy groups -OCH3 is 1. The van der Waals surface area contributed by atoms with Crippen LogP contribution in [0.4, 0.5) is 5.69 Å². The Kier molecular flexibility index (Phi) is 5.41. The Balaban J connectivity index is 1.98. The molecule has 2 aromatic carbocycles. The maximum absolute atomic E-state index is 13.2. The van der Waals surface area contributed by atoms with Crippen molar-refractivity contribution in [1.29, 1.82) is 0 Å². The number of rotatable bonds is 7. The van der Waals surface area contributed by atoms with Crippen molar-refractivity contribution in [2.75, 3.05) is 7.11 Å². The van der Waals surface area contributed by atoms with Gasteiger partial charge in [-0.15, -0.1) is 0 Å². The third kappa shape index (κ3) is 4.07. The molecule has 0 spiro atoms. The summed E-state index contributed by atoms with van der Waals surface area (Å²) in [7, 11) is -2.37. The average Bonchev–Trinajstić information content (AvgIpc) is 3.46. The van der Waals surface area contributed by atoms with E-state index in [1.807, 2.05) is 0 Å². The molecule has 1 saturated carbocycles. The smallest absolute Gasteiger partial charge is 0.275 e. The minimum absolute atomic E-state index is 0.0583. The van der Waals surface area contributed by atoms with Gasteiger partial charge >= 0.3 is 0 Å². The lowest BCUT2D eigenvalue weighted by atomic mass is 10.2. The second-order valence-corrected chi connectivity index (χ2v) is 8.73. The van der Waals surface area contributed by atoms with Crippen LogP contribution in [0.25, 0.3) is 0 Å². The molecule has 7 nitrogen and oxygen atoms in total. The average molecular weight is 411 g/mol. The fraction of sp³-hybridized carbons (Fsp3) is 0.333. The third-order valence-corrected chi connectivity index (χ3v) is 6.81. The van der Waals surface area contributed by atoms with E-state index >= 15 is 0 Å². The van der Waals surface area contributed by atoms with Gasteiger partial charge in [0.1, 0.15) is 5.75 Å². The summed E-state index contributed by atoms with van der Waals surface area (Å²) in [4.78, 5) is 10.5. The Morgan fingerprint density at radius 1 is 1.26 bits per heavy atom. The predicted octanol–water partition coefficient (Wildman–Crippen LogP) is 3.92. The van der Waals surface area contributed by atoms with Gasteiger partial charge in [0.25, 0.3) is 5.69 Å². The first-order chi connectivity index (χ1) is 12.7. The highest BCUT2D eigenvalue weighted by Gasteiger charge is 2.39. The van der Waals surface area contributed by atoms with E-state index in [0.29, 0.717) is 5.75 Å². The summed E-state index contributed by atoms with van der Waals surface area (Å²) in [6.45, 7) is 1.67. The Labute approximate surface area is 162 Å². The van der Waals surface area contributed by atoms with Crippen LogP contribution in [0.5, 0.6) is 5.75 Å². The molecule has 27 heavy (non-hydrogen) atoms. The lowest BCUT2D eigenvalue weighted by Crippen LogP contribution is -2.32. The van der Waals surface area contributed by atoms with Crippen LogP contribution in [0.3, 0.4) is 0 Å². The molecule has 144 valence electrons. The molecule has 0 bridgehead atoms. The molecule has 9 heteroatoms. The maximum Gasteiger partial charge on any atom is 0.275 e. The molecule has 1 aliphatic carbocycles. The van der Waals surface area contributed by atoms with Gasteiger partial charge in [-0.05, 0) is 43.5 Å². The number of nitrogens with zero attached hydrogens (tertiary/aromatic N) is 2. The van der Waals surface area contributed by atoms with Crippen molar-refractivity contribution in [1.82, 2.24) is 4.31 Å². The van der Waals surface area contributed by atoms with Crippen LogP contribution >= 0.6 is 11.6 Å². The fourth-order valence-corrected chi connectivity index (χ4v) is 4.80. The quantitative estimate of drug-likeness (QED) is 0.509. The van der Waals surface area contributed by atoms with Crippen molar-refractivity contribution >= 4 is 27.3 Å². The minimum Gasteiger partial charge on any atom is -0.497 e. The molecule has 0 amide bonds. The van der Waals surface area contributed by atoms with Gasteiger partial charge < -0.3 is 4.74 Å². The summed E-state index contributed by atoms with van der Waals surface area (Å²) in [6.07, 6.45) is 1.52. The Morgan fingerprint density at radius 2 is 1.89 bits per heavy atom. The SMILES string of the molecule is COc1ccc(CN(C2CC2)S(=O)(=O)c2cc(Cl)c(C)c([N+](=O)[O-])c2)cc1. The van der Waals surface area contributed by atoms with Crippen LogP contribution in [-0.4, -0.2) is 30.8 Å². The van der Waals surface area contributed by atoms with Gasteiger partial charge in [-0.25, -0.2) is 8.42 Å². The standard InChI is InChI=1S/C18H19ClN2O5S/c1-12-17(19)9-16(10-18(12)21(22)23)27(24,25)20(14-5-6-14)11-13-3-7-15(26-2)8-4-13/h3-4,7-10,14H,5-6,11H2,1-2H3. The number of sulfonamides is 1. The van der Waals surface area contributed by atoms with Crippen LogP contribution < -0.4 is 4.74 Å². The summed E-state index contributed by atoms with van der Waals surface area (Å²) >= 11 is 6.06. The first kappa shape index (κ1) is 19.6. The van der Waals surface area contributed by atoms with E-state index < -0.39 is 14.9 Å². The van der Waals surface area contributed by atoms with Gasteiger partial charge in [-0.3, -0.25) is 10.1 Å². The Morgan fingerprint density at radius 3 is 2.41 bits per heavy atom. The molecular formula is C18H19ClN2O5S. The van der Waals surface area contributed by atoms with Gasteiger partial charge in [-0.2, -0.15) is 4.31 Å². The molecule has 0 saturated heterocycles. The molecule has 3 rings (SSSR count). The number of hydrogen-bond acceptors (Lipinski definition) is 5. The second-order valence-electron chi connectivity index (χ2n) is 6.44. The topological polar surface area (TPSA) is 89.8 Å². The zero-order chi connectivity index (χ0) is 19.8. The fourth-order valence-electron chi connectivity index (χ4n) is 2.80. The van der Waals surface area contributed by atoms with E-state index in [0.717, 1.165) is 24.5 Å². The monoisotopic (exact) mass is 410 g/mol. The zero-order valence-corrected chi connectivity index (χ0v) is 16.5. The Bertz CT molecular complexity index is 972.